The van der Waals surface area contributed by atoms with E-state index >= 15 is 0 Å². The van der Waals surface area contributed by atoms with Gasteiger partial charge in [-0.2, -0.15) is 0 Å². The molecule has 0 aliphatic heterocycles. The van der Waals surface area contributed by atoms with Crippen molar-refractivity contribution in [2.24, 2.45) is 0 Å². The van der Waals surface area contributed by atoms with Crippen molar-refractivity contribution in [2.45, 2.75) is 6.92 Å². The van der Waals surface area contributed by atoms with Gasteiger partial charge in [-0.25, -0.2) is 15.0 Å². The van der Waals surface area contributed by atoms with Crippen molar-refractivity contribution in [3.63, 3.8) is 0 Å². The lowest BCUT2D eigenvalue weighted by atomic mass is 10.0. The Morgan fingerprint density at radius 3 is 2.50 bits per heavy atom. The highest BCUT2D eigenvalue weighted by atomic mass is 35.5. The number of para-hydroxylation sites is 1. The monoisotopic (exact) mass is 331 g/mol. The first-order valence-electron chi connectivity index (χ1n) is 7.67. The molecule has 4 heteroatoms. The molecule has 4 rings (SSSR count). The summed E-state index contributed by atoms with van der Waals surface area (Å²) in [5.41, 5.74) is 4.56. The number of hydrogen-bond donors (Lipinski definition) is 0. The molecule has 0 aliphatic carbocycles. The molecule has 0 N–H and O–H groups in total. The summed E-state index contributed by atoms with van der Waals surface area (Å²) in [6.45, 7) is 2.00. The molecule has 24 heavy (non-hydrogen) atoms. The molecule has 3 nitrogen and oxygen atoms in total. The average molecular weight is 332 g/mol. The first kappa shape index (κ1) is 14.8. The van der Waals surface area contributed by atoms with Crippen molar-refractivity contribution >= 4 is 22.5 Å². The zero-order valence-corrected chi connectivity index (χ0v) is 13.8. The van der Waals surface area contributed by atoms with Gasteiger partial charge in [0.2, 0.25) is 0 Å². The number of nitrogens with zero attached hydrogens (tertiary/aromatic N) is 3. The molecule has 0 radical (unpaired) electrons. The minimum absolute atomic E-state index is 0.621. The lowest BCUT2D eigenvalue weighted by Crippen LogP contribution is -1.95. The van der Waals surface area contributed by atoms with Crippen LogP contribution in [0.25, 0.3) is 33.7 Å². The van der Waals surface area contributed by atoms with Gasteiger partial charge in [0.15, 0.2) is 5.82 Å². The molecule has 0 saturated heterocycles. The Morgan fingerprint density at radius 1 is 0.792 bits per heavy atom. The van der Waals surface area contributed by atoms with E-state index in [0.717, 1.165) is 38.4 Å². The van der Waals surface area contributed by atoms with Crippen LogP contribution < -0.4 is 0 Å². The third-order valence-corrected chi connectivity index (χ3v) is 4.42. The van der Waals surface area contributed by atoms with E-state index in [-0.39, 0.29) is 0 Å². The average Bonchev–Trinajstić information content (AvgIpc) is 2.64. The molecular formula is C20H14ClN3. The molecule has 0 spiro atoms. The third-order valence-electron chi connectivity index (χ3n) is 4.01. The number of aromatic nitrogens is 3. The minimum Gasteiger partial charge on any atom is -0.244 e. The second-order valence-electron chi connectivity index (χ2n) is 5.57. The highest BCUT2D eigenvalue weighted by molar-refractivity contribution is 6.31. The van der Waals surface area contributed by atoms with Crippen molar-refractivity contribution < 1.29 is 0 Å². The number of halogens is 1. The lowest BCUT2D eigenvalue weighted by Gasteiger charge is -2.08. The van der Waals surface area contributed by atoms with Crippen molar-refractivity contribution in [1.29, 1.82) is 0 Å². The van der Waals surface area contributed by atoms with Crippen LogP contribution in [-0.4, -0.2) is 15.0 Å². The van der Waals surface area contributed by atoms with Gasteiger partial charge in [0.1, 0.15) is 5.69 Å². The van der Waals surface area contributed by atoms with Crippen LogP contribution in [0.15, 0.2) is 66.9 Å². The van der Waals surface area contributed by atoms with E-state index in [1.165, 1.54) is 0 Å². The molecule has 0 unspecified atom stereocenters. The molecule has 116 valence electrons. The van der Waals surface area contributed by atoms with Crippen LogP contribution in [0.2, 0.25) is 5.02 Å². The van der Waals surface area contributed by atoms with Gasteiger partial charge in [0.25, 0.3) is 0 Å². The van der Waals surface area contributed by atoms with Gasteiger partial charge in [0.05, 0.1) is 11.2 Å². The maximum atomic E-state index is 6.23. The third kappa shape index (κ3) is 2.63. The Morgan fingerprint density at radius 2 is 1.58 bits per heavy atom. The summed E-state index contributed by atoms with van der Waals surface area (Å²) < 4.78 is 0. The Hall–Kier alpha value is -2.78. The molecule has 0 bridgehead atoms. The summed E-state index contributed by atoms with van der Waals surface area (Å²) in [5, 5.41) is 1.75. The quantitative estimate of drug-likeness (QED) is 0.499. The van der Waals surface area contributed by atoms with Crippen LogP contribution in [-0.2, 0) is 0 Å². The second-order valence-corrected chi connectivity index (χ2v) is 5.98. The summed E-state index contributed by atoms with van der Waals surface area (Å²) in [6, 6.07) is 19.6. The first-order valence-corrected chi connectivity index (χ1v) is 8.05. The topological polar surface area (TPSA) is 38.7 Å². The number of fused-ring (bicyclic) bond motifs is 1. The van der Waals surface area contributed by atoms with Crippen LogP contribution in [0.3, 0.4) is 0 Å². The van der Waals surface area contributed by atoms with E-state index in [0.29, 0.717) is 5.82 Å². The number of benzene rings is 2. The fraction of sp³-hybridized carbons (Fsp3) is 0.0500. The Balaban J connectivity index is 1.83. The fourth-order valence-electron chi connectivity index (χ4n) is 2.69. The van der Waals surface area contributed by atoms with Gasteiger partial charge in [-0.1, -0.05) is 48.0 Å². The highest BCUT2D eigenvalue weighted by Gasteiger charge is 2.09. The van der Waals surface area contributed by atoms with Crippen LogP contribution >= 0.6 is 11.6 Å². The fourth-order valence-corrected chi connectivity index (χ4v) is 2.86. The molecule has 2 aromatic carbocycles. The maximum Gasteiger partial charge on any atom is 0.178 e. The number of hydrogen-bond acceptors (Lipinski definition) is 3. The predicted octanol–water partition coefficient (Wildman–Crippen LogP) is 5.32. The predicted molar refractivity (Wildman–Crippen MR) is 98.0 cm³/mol. The molecular weight excluding hydrogens is 318 g/mol. The zero-order chi connectivity index (χ0) is 16.5. The van der Waals surface area contributed by atoms with Gasteiger partial charge >= 0.3 is 0 Å². The number of pyridine rings is 1. The molecule has 2 aromatic heterocycles. The standard InChI is InChI=1S/C20H14ClN3/c1-13-15(7-4-8-16(13)21)18-10-5-11-19(23-18)20-22-12-14-6-2-3-9-17(14)24-20/h2-12H,1H3. The molecule has 2 heterocycles. The Labute approximate surface area is 145 Å². The first-order chi connectivity index (χ1) is 11.7. The Kier molecular flexibility index (Phi) is 3.71. The Bertz CT molecular complexity index is 1040. The van der Waals surface area contributed by atoms with Crippen LogP contribution in [0.1, 0.15) is 5.56 Å². The van der Waals surface area contributed by atoms with Crippen molar-refractivity contribution in [3.8, 4) is 22.8 Å². The van der Waals surface area contributed by atoms with Crippen LogP contribution in [0.5, 0.6) is 0 Å². The molecule has 0 atom stereocenters. The normalized spacial score (nSPS) is 10.9. The molecule has 0 amide bonds. The van der Waals surface area contributed by atoms with Crippen molar-refractivity contribution in [3.05, 3.63) is 77.4 Å². The van der Waals surface area contributed by atoms with Gasteiger partial charge in [-0.15, -0.1) is 0 Å². The van der Waals surface area contributed by atoms with Gasteiger partial charge in [0, 0.05) is 22.2 Å². The summed E-state index contributed by atoms with van der Waals surface area (Å²) in [6.07, 6.45) is 1.83. The van der Waals surface area contributed by atoms with Gasteiger partial charge in [-0.3, -0.25) is 0 Å². The zero-order valence-electron chi connectivity index (χ0n) is 13.1. The molecule has 0 saturated carbocycles. The van der Waals surface area contributed by atoms with E-state index in [9.17, 15) is 0 Å². The molecule has 0 aliphatic rings. The summed E-state index contributed by atoms with van der Waals surface area (Å²) in [4.78, 5) is 13.8. The lowest BCUT2D eigenvalue weighted by molar-refractivity contribution is 1.18. The van der Waals surface area contributed by atoms with E-state index in [4.69, 9.17) is 16.6 Å². The van der Waals surface area contributed by atoms with Crippen molar-refractivity contribution in [1.82, 2.24) is 15.0 Å². The SMILES string of the molecule is Cc1c(Cl)cccc1-c1cccc(-c2ncc3ccccc3n2)n1. The van der Waals surface area contributed by atoms with E-state index in [1.54, 1.807) is 0 Å². The van der Waals surface area contributed by atoms with Crippen LogP contribution in [0, 0.1) is 6.92 Å². The second kappa shape index (κ2) is 6.02. The maximum absolute atomic E-state index is 6.23. The summed E-state index contributed by atoms with van der Waals surface area (Å²) in [7, 11) is 0. The largest absolute Gasteiger partial charge is 0.244 e. The van der Waals surface area contributed by atoms with Crippen molar-refractivity contribution in [2.75, 3.05) is 0 Å². The van der Waals surface area contributed by atoms with Gasteiger partial charge in [-0.05, 0) is 36.8 Å². The van der Waals surface area contributed by atoms with E-state index < -0.39 is 0 Å². The molecule has 0 fully saturated rings. The molecule has 4 aromatic rings. The summed E-state index contributed by atoms with van der Waals surface area (Å²) in [5.74, 6) is 0.621. The summed E-state index contributed by atoms with van der Waals surface area (Å²) >= 11 is 6.23. The van der Waals surface area contributed by atoms with E-state index in [2.05, 4.69) is 9.97 Å². The highest BCUT2D eigenvalue weighted by Crippen LogP contribution is 2.28. The van der Waals surface area contributed by atoms with Crippen LogP contribution in [0.4, 0.5) is 0 Å². The number of rotatable bonds is 2. The van der Waals surface area contributed by atoms with E-state index in [1.807, 2.05) is 73.8 Å². The smallest absolute Gasteiger partial charge is 0.178 e. The minimum atomic E-state index is 0.621. The van der Waals surface area contributed by atoms with Gasteiger partial charge < -0.3 is 0 Å².